The van der Waals surface area contributed by atoms with E-state index in [0.29, 0.717) is 12.2 Å². The van der Waals surface area contributed by atoms with E-state index in [-0.39, 0.29) is 6.61 Å². The molecule has 88 valence electrons. The van der Waals surface area contributed by atoms with E-state index in [1.54, 1.807) is 6.08 Å². The fourth-order valence-electron chi connectivity index (χ4n) is 1.21. The normalized spacial score (nSPS) is 11.7. The molecule has 3 nitrogen and oxygen atoms in total. The Morgan fingerprint density at radius 2 is 2.00 bits per heavy atom. The first-order valence-corrected chi connectivity index (χ1v) is 5.72. The molecule has 0 spiro atoms. The van der Waals surface area contributed by atoms with Crippen LogP contribution in [0.25, 0.3) is 0 Å². The van der Waals surface area contributed by atoms with Gasteiger partial charge in [-0.15, -0.1) is 0 Å². The van der Waals surface area contributed by atoms with Gasteiger partial charge in [-0.2, -0.15) is 0 Å². The lowest BCUT2D eigenvalue weighted by atomic mass is 10.1. The van der Waals surface area contributed by atoms with Gasteiger partial charge in [-0.25, -0.2) is 4.79 Å². The van der Waals surface area contributed by atoms with E-state index in [9.17, 15) is 4.79 Å². The molecule has 0 aromatic rings. The molecule has 1 N–H and O–H groups in total. The fraction of sp³-hybridized carbons (Fsp3) is 0.750. The molecule has 0 aromatic heterocycles. The van der Waals surface area contributed by atoms with Gasteiger partial charge < -0.3 is 9.84 Å². The lowest BCUT2D eigenvalue weighted by Gasteiger charge is -2.03. The summed E-state index contributed by atoms with van der Waals surface area (Å²) in [4.78, 5) is 10.8. The molecular weight excluding hydrogens is 192 g/mol. The first-order chi connectivity index (χ1) is 7.22. The number of ether oxygens (including phenoxy) is 1. The highest BCUT2D eigenvalue weighted by atomic mass is 16.5. The molecule has 0 bridgehead atoms. The van der Waals surface area contributed by atoms with Gasteiger partial charge in [0.2, 0.25) is 0 Å². The smallest absolute Gasteiger partial charge is 0.333 e. The Morgan fingerprint density at radius 3 is 2.53 bits per heavy atom. The third kappa shape index (κ3) is 8.18. The van der Waals surface area contributed by atoms with Gasteiger partial charge in [0.1, 0.15) is 0 Å². The van der Waals surface area contributed by atoms with Crippen molar-refractivity contribution in [3.05, 3.63) is 11.6 Å². The summed E-state index contributed by atoms with van der Waals surface area (Å²) in [5, 5.41) is 8.88. The van der Waals surface area contributed by atoms with E-state index in [1.807, 2.05) is 6.92 Å². The van der Waals surface area contributed by atoms with E-state index in [0.717, 1.165) is 32.1 Å². The number of carboxylic acid groups (broad SMARTS) is 1. The predicted octanol–water partition coefficient (Wildman–Crippen LogP) is 3.00. The second-order valence-corrected chi connectivity index (χ2v) is 3.58. The van der Waals surface area contributed by atoms with Crippen molar-refractivity contribution in [1.29, 1.82) is 0 Å². The molecule has 0 atom stereocenters. The Kier molecular flexibility index (Phi) is 9.18. The largest absolute Gasteiger partial charge is 0.478 e. The summed E-state index contributed by atoms with van der Waals surface area (Å²) in [6.45, 7) is 4.99. The average molecular weight is 214 g/mol. The number of unbranched alkanes of at least 4 members (excludes halogenated alkanes) is 3. The van der Waals surface area contributed by atoms with Crippen LogP contribution in [0.5, 0.6) is 0 Å². The van der Waals surface area contributed by atoms with Gasteiger partial charge in [0.15, 0.2) is 0 Å². The molecular formula is C12H22O3. The van der Waals surface area contributed by atoms with Crippen LogP contribution < -0.4 is 0 Å². The van der Waals surface area contributed by atoms with Crippen LogP contribution in [0, 0.1) is 0 Å². The third-order valence-corrected chi connectivity index (χ3v) is 2.08. The number of aliphatic carboxylic acids is 1. The molecule has 0 amide bonds. The topological polar surface area (TPSA) is 46.5 Å². The van der Waals surface area contributed by atoms with Crippen molar-refractivity contribution in [1.82, 2.24) is 0 Å². The summed E-state index contributed by atoms with van der Waals surface area (Å²) < 4.78 is 5.21. The maximum atomic E-state index is 10.8. The highest BCUT2D eigenvalue weighted by Gasteiger charge is 2.06. The molecule has 0 saturated heterocycles. The zero-order chi connectivity index (χ0) is 11.5. The standard InChI is InChI=1S/C12H22O3/c1-3-5-6-7-8-11(12(13)14)10-15-9-4-2/h8H,3-7,9-10H2,1-2H3,(H,13,14). The molecule has 3 heteroatoms. The second-order valence-electron chi connectivity index (χ2n) is 3.58. The van der Waals surface area contributed by atoms with Gasteiger partial charge in [0.05, 0.1) is 12.2 Å². The highest BCUT2D eigenvalue weighted by Crippen LogP contribution is 2.04. The molecule has 0 aliphatic heterocycles. The third-order valence-electron chi connectivity index (χ3n) is 2.08. The van der Waals surface area contributed by atoms with E-state index >= 15 is 0 Å². The molecule has 0 unspecified atom stereocenters. The van der Waals surface area contributed by atoms with Gasteiger partial charge in [-0.05, 0) is 19.3 Å². The fourth-order valence-corrected chi connectivity index (χ4v) is 1.21. The number of carboxylic acids is 1. The van der Waals surface area contributed by atoms with Crippen molar-refractivity contribution >= 4 is 5.97 Å². The molecule has 0 aromatic carbocycles. The van der Waals surface area contributed by atoms with Crippen LogP contribution in [0.1, 0.15) is 46.0 Å². The van der Waals surface area contributed by atoms with Gasteiger partial charge in [0, 0.05) is 6.61 Å². The molecule has 0 heterocycles. The van der Waals surface area contributed by atoms with E-state index in [2.05, 4.69) is 6.92 Å². The molecule has 0 rings (SSSR count). The monoisotopic (exact) mass is 214 g/mol. The van der Waals surface area contributed by atoms with Crippen molar-refractivity contribution in [3.8, 4) is 0 Å². The Labute approximate surface area is 92.1 Å². The van der Waals surface area contributed by atoms with Crippen LogP contribution in [-0.2, 0) is 9.53 Å². The lowest BCUT2D eigenvalue weighted by molar-refractivity contribution is -0.133. The first kappa shape index (κ1) is 14.2. The second kappa shape index (κ2) is 9.71. The molecule has 0 fully saturated rings. The number of rotatable bonds is 9. The van der Waals surface area contributed by atoms with E-state index < -0.39 is 5.97 Å². The summed E-state index contributed by atoms with van der Waals surface area (Å²) in [7, 11) is 0. The first-order valence-electron chi connectivity index (χ1n) is 5.72. The summed E-state index contributed by atoms with van der Waals surface area (Å²) in [5.41, 5.74) is 0.388. The van der Waals surface area contributed by atoms with Gasteiger partial charge in [-0.1, -0.05) is 32.8 Å². The summed E-state index contributed by atoms with van der Waals surface area (Å²) >= 11 is 0. The van der Waals surface area contributed by atoms with Crippen LogP contribution in [0.4, 0.5) is 0 Å². The van der Waals surface area contributed by atoms with Gasteiger partial charge >= 0.3 is 5.97 Å². The minimum Gasteiger partial charge on any atom is -0.478 e. The molecule has 15 heavy (non-hydrogen) atoms. The highest BCUT2D eigenvalue weighted by molar-refractivity contribution is 5.86. The van der Waals surface area contributed by atoms with E-state index in [1.165, 1.54) is 0 Å². The minimum atomic E-state index is -0.859. The van der Waals surface area contributed by atoms with Crippen LogP contribution >= 0.6 is 0 Å². The Hall–Kier alpha value is -0.830. The predicted molar refractivity (Wildman–Crippen MR) is 61.0 cm³/mol. The minimum absolute atomic E-state index is 0.231. The number of hydrogen-bond donors (Lipinski definition) is 1. The van der Waals surface area contributed by atoms with Crippen LogP contribution in [0.2, 0.25) is 0 Å². The van der Waals surface area contributed by atoms with Crippen molar-refractivity contribution in [3.63, 3.8) is 0 Å². The lowest BCUT2D eigenvalue weighted by Crippen LogP contribution is -2.08. The summed E-state index contributed by atoms with van der Waals surface area (Å²) in [6, 6.07) is 0. The van der Waals surface area contributed by atoms with Crippen LogP contribution in [0.3, 0.4) is 0 Å². The number of carbonyl (C=O) groups is 1. The van der Waals surface area contributed by atoms with Crippen molar-refractivity contribution in [2.45, 2.75) is 46.0 Å². The van der Waals surface area contributed by atoms with Gasteiger partial charge in [0.25, 0.3) is 0 Å². The Balaban J connectivity index is 3.85. The SMILES string of the molecule is CCCCCC=C(COCCC)C(=O)O. The van der Waals surface area contributed by atoms with Crippen LogP contribution in [0.15, 0.2) is 11.6 Å². The summed E-state index contributed by atoms with van der Waals surface area (Å²) in [5.74, 6) is -0.859. The number of hydrogen-bond acceptors (Lipinski definition) is 2. The maximum Gasteiger partial charge on any atom is 0.333 e. The van der Waals surface area contributed by atoms with Crippen molar-refractivity contribution < 1.29 is 14.6 Å². The zero-order valence-corrected chi connectivity index (χ0v) is 9.79. The number of allylic oxidation sites excluding steroid dienone is 1. The Morgan fingerprint density at radius 1 is 1.27 bits per heavy atom. The van der Waals surface area contributed by atoms with Crippen LogP contribution in [-0.4, -0.2) is 24.3 Å². The summed E-state index contributed by atoms with van der Waals surface area (Å²) in [6.07, 6.45) is 6.91. The average Bonchev–Trinajstić information content (AvgIpc) is 2.21. The molecule has 0 aliphatic carbocycles. The maximum absolute atomic E-state index is 10.8. The molecule has 0 aliphatic rings. The van der Waals surface area contributed by atoms with Crippen molar-refractivity contribution in [2.75, 3.05) is 13.2 Å². The van der Waals surface area contributed by atoms with Gasteiger partial charge in [-0.3, -0.25) is 0 Å². The zero-order valence-electron chi connectivity index (χ0n) is 9.79. The molecule has 0 radical (unpaired) electrons. The quantitative estimate of drug-likeness (QED) is 0.474. The Bertz CT molecular complexity index is 197. The van der Waals surface area contributed by atoms with E-state index in [4.69, 9.17) is 9.84 Å². The molecule has 0 saturated carbocycles. The van der Waals surface area contributed by atoms with Crippen molar-refractivity contribution in [2.24, 2.45) is 0 Å².